The highest BCUT2D eigenvalue weighted by Gasteiger charge is 2.15. The van der Waals surface area contributed by atoms with E-state index in [4.69, 9.17) is 4.98 Å². The van der Waals surface area contributed by atoms with Crippen LogP contribution in [-0.4, -0.2) is 16.8 Å². The fourth-order valence-electron chi connectivity index (χ4n) is 2.48. The Labute approximate surface area is 125 Å². The van der Waals surface area contributed by atoms with Gasteiger partial charge in [0.15, 0.2) is 0 Å². The van der Waals surface area contributed by atoms with Crippen molar-refractivity contribution in [1.82, 2.24) is 10.3 Å². The number of nitrogens with one attached hydrogen (secondary N) is 1. The highest BCUT2D eigenvalue weighted by Crippen LogP contribution is 2.31. The fraction of sp³-hybridized carbons (Fsp3) is 0.800. The number of rotatable bonds is 7. The van der Waals surface area contributed by atoms with Crippen molar-refractivity contribution in [3.63, 3.8) is 0 Å². The van der Waals surface area contributed by atoms with Gasteiger partial charge in [-0.15, -0.1) is 11.3 Å². The molecule has 0 radical (unpaired) electrons. The lowest BCUT2D eigenvalue weighted by atomic mass is 10.0. The third kappa shape index (κ3) is 5.09. The summed E-state index contributed by atoms with van der Waals surface area (Å²) in [6.07, 6.45) is 8.31. The zero-order chi connectivity index (χ0) is 13.5. The number of hydrogen-bond donors (Lipinski definition) is 1. The molecule has 0 amide bonds. The maximum atomic E-state index is 4.78. The van der Waals surface area contributed by atoms with E-state index in [1.165, 1.54) is 49.2 Å². The van der Waals surface area contributed by atoms with Crippen LogP contribution in [0.3, 0.4) is 0 Å². The summed E-state index contributed by atoms with van der Waals surface area (Å²) in [6.45, 7) is 5.49. The third-order valence-corrected chi connectivity index (χ3v) is 6.14. The number of aromatic nitrogens is 1. The molecular weight excluding hydrogens is 272 g/mol. The van der Waals surface area contributed by atoms with Crippen LogP contribution in [0.4, 0.5) is 0 Å². The van der Waals surface area contributed by atoms with E-state index < -0.39 is 0 Å². The van der Waals surface area contributed by atoms with E-state index in [1.54, 1.807) is 0 Å². The average Bonchev–Trinajstić information content (AvgIpc) is 2.92. The van der Waals surface area contributed by atoms with Gasteiger partial charge in [0.05, 0.1) is 5.69 Å². The van der Waals surface area contributed by atoms with Gasteiger partial charge in [-0.05, 0) is 32.7 Å². The Balaban J connectivity index is 1.76. The van der Waals surface area contributed by atoms with Crippen LogP contribution in [0.5, 0.6) is 0 Å². The number of thioether (sulfide) groups is 1. The Bertz CT molecular complexity index is 359. The van der Waals surface area contributed by atoms with Gasteiger partial charge in [0.2, 0.25) is 0 Å². The van der Waals surface area contributed by atoms with Crippen LogP contribution in [0.1, 0.15) is 69.1 Å². The summed E-state index contributed by atoms with van der Waals surface area (Å²) in [5.41, 5.74) is 1.22. The van der Waals surface area contributed by atoms with Crippen molar-refractivity contribution in [2.24, 2.45) is 0 Å². The monoisotopic (exact) mass is 298 g/mol. The first kappa shape index (κ1) is 15.3. The maximum Gasteiger partial charge on any atom is 0.103 e. The van der Waals surface area contributed by atoms with Crippen molar-refractivity contribution in [2.45, 2.75) is 69.4 Å². The number of hydrogen-bond acceptors (Lipinski definition) is 4. The second-order valence-electron chi connectivity index (χ2n) is 5.41. The lowest BCUT2D eigenvalue weighted by molar-refractivity contribution is 0.516. The molecule has 0 aromatic carbocycles. The first-order valence-corrected chi connectivity index (χ1v) is 9.51. The molecule has 0 aliphatic heterocycles. The zero-order valence-electron chi connectivity index (χ0n) is 12.2. The third-order valence-electron chi connectivity index (χ3n) is 3.71. The standard InChI is InChI=1S/C15H26N2S2/c1-3-9-16-12(2)14-10-19-15(17-14)11-18-13-7-5-4-6-8-13/h10,12-13,16H,3-9,11H2,1-2H3. The van der Waals surface area contributed by atoms with Crippen LogP contribution in [0, 0.1) is 0 Å². The van der Waals surface area contributed by atoms with Crippen LogP contribution in [-0.2, 0) is 5.75 Å². The van der Waals surface area contributed by atoms with E-state index in [9.17, 15) is 0 Å². The van der Waals surface area contributed by atoms with Gasteiger partial charge in [0.25, 0.3) is 0 Å². The minimum Gasteiger partial charge on any atom is -0.309 e. The van der Waals surface area contributed by atoms with E-state index in [1.807, 2.05) is 11.3 Å². The molecule has 4 heteroatoms. The van der Waals surface area contributed by atoms with Crippen LogP contribution < -0.4 is 5.32 Å². The quantitative estimate of drug-likeness (QED) is 0.785. The molecule has 0 bridgehead atoms. The Morgan fingerprint density at radius 1 is 1.42 bits per heavy atom. The molecule has 0 saturated heterocycles. The predicted octanol–water partition coefficient (Wildman–Crippen LogP) is 4.77. The van der Waals surface area contributed by atoms with Gasteiger partial charge in [-0.25, -0.2) is 4.98 Å². The van der Waals surface area contributed by atoms with Crippen LogP contribution >= 0.6 is 23.1 Å². The van der Waals surface area contributed by atoms with E-state index in [-0.39, 0.29) is 0 Å². The summed E-state index contributed by atoms with van der Waals surface area (Å²) in [6, 6.07) is 0.393. The Morgan fingerprint density at radius 2 is 2.21 bits per heavy atom. The van der Waals surface area contributed by atoms with E-state index in [2.05, 4.69) is 36.3 Å². The molecular formula is C15H26N2S2. The molecule has 1 N–H and O–H groups in total. The van der Waals surface area contributed by atoms with Gasteiger partial charge < -0.3 is 5.32 Å². The highest BCUT2D eigenvalue weighted by molar-refractivity contribution is 7.99. The van der Waals surface area contributed by atoms with Crippen molar-refractivity contribution in [3.05, 3.63) is 16.1 Å². The Morgan fingerprint density at radius 3 is 2.95 bits per heavy atom. The molecule has 1 aliphatic rings. The predicted molar refractivity (Wildman–Crippen MR) is 87.0 cm³/mol. The molecule has 2 rings (SSSR count). The molecule has 1 aromatic rings. The zero-order valence-corrected chi connectivity index (χ0v) is 13.8. The normalized spacial score (nSPS) is 18.6. The number of nitrogens with zero attached hydrogens (tertiary/aromatic N) is 1. The van der Waals surface area contributed by atoms with Gasteiger partial charge >= 0.3 is 0 Å². The lowest BCUT2D eigenvalue weighted by Gasteiger charge is -2.20. The molecule has 1 atom stereocenters. The first-order valence-electron chi connectivity index (χ1n) is 7.59. The summed E-state index contributed by atoms with van der Waals surface area (Å²) >= 11 is 3.95. The fourth-order valence-corrected chi connectivity index (χ4v) is 4.73. The molecule has 0 spiro atoms. The van der Waals surface area contributed by atoms with Crippen molar-refractivity contribution >= 4 is 23.1 Å². The molecule has 1 aliphatic carbocycles. The molecule has 1 heterocycles. The molecule has 1 fully saturated rings. The largest absolute Gasteiger partial charge is 0.309 e. The lowest BCUT2D eigenvalue weighted by Crippen LogP contribution is -2.19. The summed E-state index contributed by atoms with van der Waals surface area (Å²) in [5, 5.41) is 7.92. The van der Waals surface area contributed by atoms with Gasteiger partial charge in [-0.2, -0.15) is 11.8 Å². The second-order valence-corrected chi connectivity index (χ2v) is 7.64. The SMILES string of the molecule is CCCNC(C)c1csc(CSC2CCCCC2)n1. The molecule has 1 aromatic heterocycles. The van der Waals surface area contributed by atoms with Gasteiger partial charge in [0, 0.05) is 22.4 Å². The van der Waals surface area contributed by atoms with Crippen LogP contribution in [0.2, 0.25) is 0 Å². The Hall–Kier alpha value is -0.0600. The van der Waals surface area contributed by atoms with Gasteiger partial charge in [0.1, 0.15) is 5.01 Å². The molecule has 2 nitrogen and oxygen atoms in total. The average molecular weight is 299 g/mol. The van der Waals surface area contributed by atoms with E-state index >= 15 is 0 Å². The second kappa shape index (κ2) is 8.28. The van der Waals surface area contributed by atoms with Gasteiger partial charge in [-0.3, -0.25) is 0 Å². The minimum absolute atomic E-state index is 0.393. The summed E-state index contributed by atoms with van der Waals surface area (Å²) < 4.78 is 0. The number of thiazole rings is 1. The van der Waals surface area contributed by atoms with E-state index in [0.717, 1.165) is 17.5 Å². The first-order chi connectivity index (χ1) is 9.29. The van der Waals surface area contributed by atoms with Crippen LogP contribution in [0.25, 0.3) is 0 Å². The maximum absolute atomic E-state index is 4.78. The Kier molecular flexibility index (Phi) is 6.68. The molecule has 1 unspecified atom stereocenters. The minimum atomic E-state index is 0.393. The highest BCUT2D eigenvalue weighted by atomic mass is 32.2. The van der Waals surface area contributed by atoms with Crippen LogP contribution in [0.15, 0.2) is 5.38 Å². The molecule has 19 heavy (non-hydrogen) atoms. The smallest absolute Gasteiger partial charge is 0.103 e. The topological polar surface area (TPSA) is 24.9 Å². The summed E-state index contributed by atoms with van der Waals surface area (Å²) in [5.74, 6) is 1.11. The van der Waals surface area contributed by atoms with Crippen molar-refractivity contribution in [3.8, 4) is 0 Å². The summed E-state index contributed by atoms with van der Waals surface area (Å²) in [4.78, 5) is 4.78. The van der Waals surface area contributed by atoms with Crippen molar-refractivity contribution in [2.75, 3.05) is 6.54 Å². The van der Waals surface area contributed by atoms with Crippen molar-refractivity contribution < 1.29 is 0 Å². The molecule has 108 valence electrons. The van der Waals surface area contributed by atoms with Gasteiger partial charge in [-0.1, -0.05) is 26.2 Å². The summed E-state index contributed by atoms with van der Waals surface area (Å²) in [7, 11) is 0. The van der Waals surface area contributed by atoms with Crippen molar-refractivity contribution in [1.29, 1.82) is 0 Å². The molecule has 1 saturated carbocycles. The van der Waals surface area contributed by atoms with E-state index in [0.29, 0.717) is 6.04 Å².